The Kier molecular flexibility index (Phi) is 6.39. The van der Waals surface area contributed by atoms with Gasteiger partial charge >= 0.3 is 0 Å². The molecule has 0 aromatic heterocycles. The Labute approximate surface area is 76.9 Å². The van der Waals surface area contributed by atoms with Gasteiger partial charge in [0.25, 0.3) is 0 Å². The van der Waals surface area contributed by atoms with E-state index in [0.717, 1.165) is 19.6 Å². The summed E-state index contributed by atoms with van der Waals surface area (Å²) in [6, 6.07) is 0. The van der Waals surface area contributed by atoms with Gasteiger partial charge in [0.05, 0.1) is 0 Å². The first kappa shape index (κ1) is 11.9. The van der Waals surface area contributed by atoms with Crippen molar-refractivity contribution in [3.63, 3.8) is 0 Å². The van der Waals surface area contributed by atoms with E-state index in [1.54, 1.807) is 0 Å². The molecule has 0 aromatic rings. The molecule has 2 nitrogen and oxygen atoms in total. The Balaban J connectivity index is 3.19. The standard InChI is InChI=1S/C10H24N2/c1-4-5-7-12-8-6-10(2,3)9-11/h12H,4-9,11H2,1-3H3. The molecular weight excluding hydrogens is 148 g/mol. The van der Waals surface area contributed by atoms with Gasteiger partial charge in [0.15, 0.2) is 0 Å². The Bertz CT molecular complexity index is 100. The molecule has 0 aromatic carbocycles. The van der Waals surface area contributed by atoms with E-state index in [-0.39, 0.29) is 0 Å². The van der Waals surface area contributed by atoms with Crippen molar-refractivity contribution in [3.8, 4) is 0 Å². The maximum atomic E-state index is 5.62. The number of unbranched alkanes of at least 4 members (excludes halogenated alkanes) is 1. The molecule has 3 N–H and O–H groups in total. The largest absolute Gasteiger partial charge is 0.330 e. The lowest BCUT2D eigenvalue weighted by Crippen LogP contribution is -2.29. The van der Waals surface area contributed by atoms with Crippen LogP contribution in [-0.4, -0.2) is 19.6 Å². The van der Waals surface area contributed by atoms with Gasteiger partial charge in [-0.15, -0.1) is 0 Å². The zero-order valence-corrected chi connectivity index (χ0v) is 8.82. The lowest BCUT2D eigenvalue weighted by atomic mass is 9.90. The molecule has 0 unspecified atom stereocenters. The van der Waals surface area contributed by atoms with Gasteiger partial charge in [-0.3, -0.25) is 0 Å². The van der Waals surface area contributed by atoms with Gasteiger partial charge in [0, 0.05) is 0 Å². The van der Waals surface area contributed by atoms with E-state index in [9.17, 15) is 0 Å². The molecule has 0 bridgehead atoms. The van der Waals surface area contributed by atoms with Gasteiger partial charge in [-0.2, -0.15) is 0 Å². The molecule has 12 heavy (non-hydrogen) atoms. The normalized spacial score (nSPS) is 12.0. The van der Waals surface area contributed by atoms with Crippen LogP contribution in [0.4, 0.5) is 0 Å². The van der Waals surface area contributed by atoms with Gasteiger partial charge in [-0.1, -0.05) is 27.2 Å². The van der Waals surface area contributed by atoms with Gasteiger partial charge in [0.1, 0.15) is 0 Å². The topological polar surface area (TPSA) is 38.0 Å². The summed E-state index contributed by atoms with van der Waals surface area (Å²) < 4.78 is 0. The van der Waals surface area contributed by atoms with Crippen LogP contribution in [0.3, 0.4) is 0 Å². The third-order valence-electron chi connectivity index (χ3n) is 2.24. The highest BCUT2D eigenvalue weighted by molar-refractivity contribution is 4.70. The first-order valence-electron chi connectivity index (χ1n) is 5.03. The molecule has 74 valence electrons. The highest BCUT2D eigenvalue weighted by Crippen LogP contribution is 2.16. The predicted octanol–water partition coefficient (Wildman–Crippen LogP) is 1.75. The van der Waals surface area contributed by atoms with Crippen molar-refractivity contribution in [2.45, 2.75) is 40.0 Å². The molecule has 0 radical (unpaired) electrons. The van der Waals surface area contributed by atoms with Crippen molar-refractivity contribution in [3.05, 3.63) is 0 Å². The summed E-state index contributed by atoms with van der Waals surface area (Å²) in [5.41, 5.74) is 5.92. The molecule has 0 spiro atoms. The molecule has 0 rings (SSSR count). The number of hydrogen-bond acceptors (Lipinski definition) is 2. The summed E-state index contributed by atoms with van der Waals surface area (Å²) >= 11 is 0. The molecule has 0 aliphatic rings. The van der Waals surface area contributed by atoms with Crippen molar-refractivity contribution in [2.75, 3.05) is 19.6 Å². The van der Waals surface area contributed by atoms with E-state index in [1.165, 1.54) is 19.3 Å². The molecule has 0 heterocycles. The fourth-order valence-electron chi connectivity index (χ4n) is 0.956. The molecule has 0 saturated heterocycles. The highest BCUT2D eigenvalue weighted by atomic mass is 14.8. The Morgan fingerprint density at radius 3 is 2.42 bits per heavy atom. The van der Waals surface area contributed by atoms with Gasteiger partial charge in [-0.05, 0) is 37.9 Å². The van der Waals surface area contributed by atoms with Crippen molar-refractivity contribution in [1.82, 2.24) is 5.32 Å². The first-order chi connectivity index (χ1) is 5.62. The zero-order valence-electron chi connectivity index (χ0n) is 8.82. The highest BCUT2D eigenvalue weighted by Gasteiger charge is 2.13. The minimum Gasteiger partial charge on any atom is -0.330 e. The second-order valence-electron chi connectivity index (χ2n) is 4.22. The molecule has 0 aliphatic heterocycles. The number of hydrogen-bond donors (Lipinski definition) is 2. The monoisotopic (exact) mass is 172 g/mol. The fraction of sp³-hybridized carbons (Fsp3) is 1.00. The third-order valence-corrected chi connectivity index (χ3v) is 2.24. The van der Waals surface area contributed by atoms with Crippen molar-refractivity contribution >= 4 is 0 Å². The van der Waals surface area contributed by atoms with Crippen LogP contribution in [-0.2, 0) is 0 Å². The van der Waals surface area contributed by atoms with Crippen LogP contribution in [0.5, 0.6) is 0 Å². The van der Waals surface area contributed by atoms with Crippen LogP contribution < -0.4 is 11.1 Å². The minimum absolute atomic E-state index is 0.305. The average molecular weight is 172 g/mol. The van der Waals surface area contributed by atoms with E-state index < -0.39 is 0 Å². The van der Waals surface area contributed by atoms with E-state index >= 15 is 0 Å². The summed E-state index contributed by atoms with van der Waals surface area (Å²) in [4.78, 5) is 0. The Hall–Kier alpha value is -0.0800. The van der Waals surface area contributed by atoms with Crippen LogP contribution in [0.1, 0.15) is 40.0 Å². The Morgan fingerprint density at radius 1 is 1.25 bits per heavy atom. The average Bonchev–Trinajstić information content (AvgIpc) is 2.04. The Morgan fingerprint density at radius 2 is 1.92 bits per heavy atom. The summed E-state index contributed by atoms with van der Waals surface area (Å²) in [5, 5.41) is 3.42. The maximum absolute atomic E-state index is 5.62. The SMILES string of the molecule is CCCCNCCC(C)(C)CN. The van der Waals surface area contributed by atoms with Crippen LogP contribution in [0, 0.1) is 5.41 Å². The van der Waals surface area contributed by atoms with Gasteiger partial charge < -0.3 is 11.1 Å². The van der Waals surface area contributed by atoms with Crippen molar-refractivity contribution in [1.29, 1.82) is 0 Å². The summed E-state index contributed by atoms with van der Waals surface area (Å²) in [7, 11) is 0. The molecular formula is C10H24N2. The molecule has 2 heteroatoms. The number of nitrogens with two attached hydrogens (primary N) is 1. The predicted molar refractivity (Wildman–Crippen MR) is 55.2 cm³/mol. The first-order valence-corrected chi connectivity index (χ1v) is 5.03. The molecule has 0 saturated carbocycles. The van der Waals surface area contributed by atoms with Crippen molar-refractivity contribution in [2.24, 2.45) is 11.1 Å². The summed E-state index contributed by atoms with van der Waals surface area (Å²) in [6.07, 6.45) is 3.73. The van der Waals surface area contributed by atoms with Gasteiger partial charge in [-0.25, -0.2) is 0 Å². The number of nitrogens with one attached hydrogen (secondary N) is 1. The van der Waals surface area contributed by atoms with E-state index in [0.29, 0.717) is 5.41 Å². The smallest absolute Gasteiger partial charge is 0.00253 e. The molecule has 0 fully saturated rings. The molecule has 0 amide bonds. The quantitative estimate of drug-likeness (QED) is 0.574. The minimum atomic E-state index is 0.305. The van der Waals surface area contributed by atoms with E-state index in [2.05, 4.69) is 26.1 Å². The maximum Gasteiger partial charge on any atom is -0.00253 e. The van der Waals surface area contributed by atoms with Crippen LogP contribution in [0.25, 0.3) is 0 Å². The molecule has 0 atom stereocenters. The third kappa shape index (κ3) is 6.62. The lowest BCUT2D eigenvalue weighted by molar-refractivity contribution is 0.339. The number of rotatable bonds is 7. The second kappa shape index (κ2) is 6.44. The van der Waals surface area contributed by atoms with Gasteiger partial charge in [0.2, 0.25) is 0 Å². The van der Waals surface area contributed by atoms with E-state index in [4.69, 9.17) is 5.73 Å². The van der Waals surface area contributed by atoms with Crippen molar-refractivity contribution < 1.29 is 0 Å². The summed E-state index contributed by atoms with van der Waals surface area (Å²) in [5.74, 6) is 0. The van der Waals surface area contributed by atoms with Crippen LogP contribution in [0.15, 0.2) is 0 Å². The zero-order chi connectivity index (χ0) is 9.45. The lowest BCUT2D eigenvalue weighted by Gasteiger charge is -2.22. The van der Waals surface area contributed by atoms with Crippen LogP contribution in [0.2, 0.25) is 0 Å². The van der Waals surface area contributed by atoms with E-state index in [1.807, 2.05) is 0 Å². The molecule has 0 aliphatic carbocycles. The fourth-order valence-corrected chi connectivity index (χ4v) is 0.956. The van der Waals surface area contributed by atoms with Crippen LogP contribution >= 0.6 is 0 Å². The second-order valence-corrected chi connectivity index (χ2v) is 4.22. The summed E-state index contributed by atoms with van der Waals surface area (Å²) in [6.45, 7) is 9.68.